The third kappa shape index (κ3) is 3.35. The van der Waals surface area contributed by atoms with Crippen molar-refractivity contribution in [1.29, 1.82) is 0 Å². The molecule has 0 N–H and O–H groups in total. The molecule has 0 aliphatic carbocycles. The largest absolute Gasteiger partial charge is 0.342 e. The van der Waals surface area contributed by atoms with Crippen LogP contribution in [0.3, 0.4) is 0 Å². The summed E-state index contributed by atoms with van der Waals surface area (Å²) in [5, 5.41) is 0.250. The van der Waals surface area contributed by atoms with Crippen LogP contribution in [-0.4, -0.2) is 41.3 Å². The molecule has 0 aromatic heterocycles. The van der Waals surface area contributed by atoms with Gasteiger partial charge in [-0.3, -0.25) is 4.79 Å². The van der Waals surface area contributed by atoms with Crippen molar-refractivity contribution in [2.45, 2.75) is 25.1 Å². The molecule has 1 saturated heterocycles. The standard InChI is InChI=1S/C10H18ClNOS/c1-8-7-12(5-3-9(8)11)10(13)4-6-14-2/h8-9H,3-7H2,1-2H3. The van der Waals surface area contributed by atoms with Crippen molar-refractivity contribution < 1.29 is 4.79 Å². The molecule has 2 nitrogen and oxygen atoms in total. The summed E-state index contributed by atoms with van der Waals surface area (Å²) in [5.74, 6) is 1.65. The highest BCUT2D eigenvalue weighted by Crippen LogP contribution is 2.22. The van der Waals surface area contributed by atoms with E-state index < -0.39 is 0 Å². The van der Waals surface area contributed by atoms with Gasteiger partial charge in [-0.15, -0.1) is 11.6 Å². The fourth-order valence-corrected chi connectivity index (χ4v) is 2.25. The first-order chi connectivity index (χ1) is 6.65. The van der Waals surface area contributed by atoms with Crippen LogP contribution in [0.5, 0.6) is 0 Å². The molecule has 2 unspecified atom stereocenters. The predicted octanol–water partition coefficient (Wildman–Crippen LogP) is 2.22. The first-order valence-electron chi connectivity index (χ1n) is 5.06. The molecule has 2 atom stereocenters. The number of amides is 1. The minimum absolute atomic E-state index is 0.250. The maximum absolute atomic E-state index is 11.7. The van der Waals surface area contributed by atoms with E-state index in [2.05, 4.69) is 6.92 Å². The van der Waals surface area contributed by atoms with Gasteiger partial charge in [-0.1, -0.05) is 6.92 Å². The second kappa shape index (κ2) is 5.86. The Kier molecular flexibility index (Phi) is 5.10. The zero-order valence-electron chi connectivity index (χ0n) is 8.83. The van der Waals surface area contributed by atoms with Crippen LogP contribution in [-0.2, 0) is 4.79 Å². The fourth-order valence-electron chi connectivity index (χ4n) is 1.69. The number of thioether (sulfide) groups is 1. The van der Waals surface area contributed by atoms with E-state index in [1.54, 1.807) is 11.8 Å². The summed E-state index contributed by atoms with van der Waals surface area (Å²) < 4.78 is 0. The van der Waals surface area contributed by atoms with E-state index in [0.29, 0.717) is 12.3 Å². The molecule has 14 heavy (non-hydrogen) atoms. The summed E-state index contributed by atoms with van der Waals surface area (Å²) in [6, 6.07) is 0. The number of carbonyl (C=O) groups is 1. The van der Waals surface area contributed by atoms with Crippen LogP contribution in [0.2, 0.25) is 0 Å². The van der Waals surface area contributed by atoms with Gasteiger partial charge in [0.15, 0.2) is 0 Å². The zero-order chi connectivity index (χ0) is 10.6. The molecular formula is C10H18ClNOS. The highest BCUT2D eigenvalue weighted by atomic mass is 35.5. The zero-order valence-corrected chi connectivity index (χ0v) is 10.4. The summed E-state index contributed by atoms with van der Waals surface area (Å²) in [5.41, 5.74) is 0. The van der Waals surface area contributed by atoms with Gasteiger partial charge in [-0.05, 0) is 18.6 Å². The van der Waals surface area contributed by atoms with E-state index in [0.717, 1.165) is 25.3 Å². The lowest BCUT2D eigenvalue weighted by atomic mass is 9.99. The summed E-state index contributed by atoms with van der Waals surface area (Å²) in [6.07, 6.45) is 3.63. The van der Waals surface area contributed by atoms with Crippen molar-refractivity contribution in [3.63, 3.8) is 0 Å². The van der Waals surface area contributed by atoms with Gasteiger partial charge in [-0.25, -0.2) is 0 Å². The van der Waals surface area contributed by atoms with Crippen molar-refractivity contribution >= 4 is 29.3 Å². The van der Waals surface area contributed by atoms with Crippen molar-refractivity contribution in [3.05, 3.63) is 0 Å². The van der Waals surface area contributed by atoms with Gasteiger partial charge in [0, 0.05) is 30.6 Å². The Bertz CT molecular complexity index is 201. The van der Waals surface area contributed by atoms with Gasteiger partial charge in [0.1, 0.15) is 0 Å². The minimum atomic E-state index is 0.250. The van der Waals surface area contributed by atoms with E-state index in [4.69, 9.17) is 11.6 Å². The number of alkyl halides is 1. The van der Waals surface area contributed by atoms with Gasteiger partial charge in [0.25, 0.3) is 0 Å². The Morgan fingerprint density at radius 2 is 2.36 bits per heavy atom. The minimum Gasteiger partial charge on any atom is -0.342 e. The monoisotopic (exact) mass is 235 g/mol. The maximum Gasteiger partial charge on any atom is 0.223 e. The summed E-state index contributed by atoms with van der Waals surface area (Å²) in [6.45, 7) is 3.79. The molecule has 0 bridgehead atoms. The van der Waals surface area contributed by atoms with Crippen LogP contribution in [0.15, 0.2) is 0 Å². The van der Waals surface area contributed by atoms with Crippen LogP contribution in [0.1, 0.15) is 19.8 Å². The van der Waals surface area contributed by atoms with Crippen LogP contribution < -0.4 is 0 Å². The Morgan fingerprint density at radius 1 is 1.64 bits per heavy atom. The third-order valence-corrected chi connectivity index (χ3v) is 3.93. The van der Waals surface area contributed by atoms with Crippen molar-refractivity contribution in [2.75, 3.05) is 25.1 Å². The Hall–Kier alpha value is 0.110. The van der Waals surface area contributed by atoms with E-state index in [1.807, 2.05) is 11.2 Å². The van der Waals surface area contributed by atoms with Gasteiger partial charge in [-0.2, -0.15) is 11.8 Å². The van der Waals surface area contributed by atoms with Crippen LogP contribution >= 0.6 is 23.4 Å². The first kappa shape index (κ1) is 12.2. The number of rotatable bonds is 3. The quantitative estimate of drug-likeness (QED) is 0.700. The number of piperidine rings is 1. The maximum atomic E-state index is 11.7. The third-order valence-electron chi connectivity index (χ3n) is 2.67. The number of nitrogens with zero attached hydrogens (tertiary/aromatic N) is 1. The summed E-state index contributed by atoms with van der Waals surface area (Å²) in [7, 11) is 0. The van der Waals surface area contributed by atoms with E-state index >= 15 is 0 Å². The topological polar surface area (TPSA) is 20.3 Å². The van der Waals surface area contributed by atoms with E-state index in [1.165, 1.54) is 0 Å². The Labute approximate surface area is 95.4 Å². The van der Waals surface area contributed by atoms with Crippen LogP contribution in [0, 0.1) is 5.92 Å². The van der Waals surface area contributed by atoms with Crippen molar-refractivity contribution in [1.82, 2.24) is 4.90 Å². The lowest BCUT2D eigenvalue weighted by Gasteiger charge is -2.34. The second-order valence-corrected chi connectivity index (χ2v) is 5.41. The lowest BCUT2D eigenvalue weighted by molar-refractivity contribution is -0.132. The fraction of sp³-hybridized carbons (Fsp3) is 0.900. The normalized spacial score (nSPS) is 27.8. The molecule has 1 rings (SSSR count). The predicted molar refractivity (Wildman–Crippen MR) is 63.0 cm³/mol. The molecule has 0 radical (unpaired) electrons. The summed E-state index contributed by atoms with van der Waals surface area (Å²) in [4.78, 5) is 13.6. The molecule has 1 aliphatic heterocycles. The van der Waals surface area contributed by atoms with E-state index in [-0.39, 0.29) is 11.3 Å². The number of likely N-dealkylation sites (tertiary alicyclic amines) is 1. The smallest absolute Gasteiger partial charge is 0.223 e. The number of carbonyl (C=O) groups excluding carboxylic acids is 1. The average Bonchev–Trinajstić information content (AvgIpc) is 2.18. The molecule has 0 aromatic rings. The molecule has 1 heterocycles. The number of hydrogen-bond donors (Lipinski definition) is 0. The summed E-state index contributed by atoms with van der Waals surface area (Å²) >= 11 is 7.82. The van der Waals surface area contributed by atoms with Crippen LogP contribution in [0.25, 0.3) is 0 Å². The molecule has 1 fully saturated rings. The highest BCUT2D eigenvalue weighted by molar-refractivity contribution is 7.98. The van der Waals surface area contributed by atoms with Gasteiger partial charge < -0.3 is 4.90 Å². The molecule has 1 amide bonds. The molecule has 0 aromatic carbocycles. The Morgan fingerprint density at radius 3 is 2.93 bits per heavy atom. The molecule has 1 aliphatic rings. The number of halogens is 1. The number of hydrogen-bond acceptors (Lipinski definition) is 2. The average molecular weight is 236 g/mol. The molecular weight excluding hydrogens is 218 g/mol. The molecule has 4 heteroatoms. The van der Waals surface area contributed by atoms with Crippen molar-refractivity contribution in [2.24, 2.45) is 5.92 Å². The first-order valence-corrected chi connectivity index (χ1v) is 6.89. The molecule has 0 spiro atoms. The lowest BCUT2D eigenvalue weighted by Crippen LogP contribution is -2.43. The highest BCUT2D eigenvalue weighted by Gasteiger charge is 2.26. The van der Waals surface area contributed by atoms with Gasteiger partial charge in [0.2, 0.25) is 5.91 Å². The SMILES string of the molecule is CSCCC(=O)N1CCC(Cl)C(C)C1. The molecule has 0 saturated carbocycles. The van der Waals surface area contributed by atoms with Crippen LogP contribution in [0.4, 0.5) is 0 Å². The molecule has 82 valence electrons. The van der Waals surface area contributed by atoms with Crippen molar-refractivity contribution in [3.8, 4) is 0 Å². The second-order valence-electron chi connectivity index (χ2n) is 3.86. The van der Waals surface area contributed by atoms with Gasteiger partial charge in [0.05, 0.1) is 0 Å². The Balaban J connectivity index is 2.34. The van der Waals surface area contributed by atoms with Gasteiger partial charge >= 0.3 is 0 Å². The van der Waals surface area contributed by atoms with E-state index in [9.17, 15) is 4.79 Å².